The molecule has 1 aliphatic carbocycles. The fourth-order valence-electron chi connectivity index (χ4n) is 4.28. The van der Waals surface area contributed by atoms with Crippen LogP contribution in [0.1, 0.15) is 28.2 Å². The van der Waals surface area contributed by atoms with Crippen LogP contribution in [-0.4, -0.2) is 51.8 Å². The van der Waals surface area contributed by atoms with Gasteiger partial charge in [-0.25, -0.2) is 18.4 Å². The number of carbonyl (C=O) groups is 1. The second-order valence-corrected chi connectivity index (χ2v) is 8.19. The van der Waals surface area contributed by atoms with Crippen molar-refractivity contribution >= 4 is 23.3 Å². The number of nitrogens with zero attached hydrogens (tertiary/aromatic N) is 5. The van der Waals surface area contributed by atoms with Crippen LogP contribution in [0.3, 0.4) is 0 Å². The minimum atomic E-state index is -0.931. The molecule has 1 aliphatic heterocycles. The highest BCUT2D eigenvalue weighted by atomic mass is 35.5. The minimum absolute atomic E-state index is 0.122. The first-order valence-corrected chi connectivity index (χ1v) is 10.6. The van der Waals surface area contributed by atoms with Crippen LogP contribution in [0.25, 0.3) is 5.69 Å². The number of fused-ring (bicyclic) bond motifs is 1. The lowest BCUT2D eigenvalue weighted by atomic mass is 10.1. The summed E-state index contributed by atoms with van der Waals surface area (Å²) in [7, 11) is 0. The van der Waals surface area contributed by atoms with Crippen molar-refractivity contribution < 1.29 is 13.6 Å². The molecule has 9 heteroatoms. The van der Waals surface area contributed by atoms with Gasteiger partial charge in [0.25, 0.3) is 5.91 Å². The summed E-state index contributed by atoms with van der Waals surface area (Å²) in [5, 5.41) is 5.12. The van der Waals surface area contributed by atoms with E-state index in [1.54, 1.807) is 21.8 Å². The second-order valence-electron chi connectivity index (χ2n) is 7.75. The maximum Gasteiger partial charge on any atom is 0.274 e. The molecule has 1 aromatic carbocycles. The van der Waals surface area contributed by atoms with Crippen LogP contribution < -0.4 is 4.90 Å². The Kier molecular flexibility index (Phi) is 5.09. The van der Waals surface area contributed by atoms with Gasteiger partial charge >= 0.3 is 0 Å². The van der Waals surface area contributed by atoms with Crippen LogP contribution in [0.2, 0.25) is 5.02 Å². The molecule has 0 radical (unpaired) electrons. The lowest BCUT2D eigenvalue weighted by Gasteiger charge is -2.35. The molecule has 0 atom stereocenters. The Morgan fingerprint density at radius 2 is 1.81 bits per heavy atom. The van der Waals surface area contributed by atoms with E-state index in [4.69, 9.17) is 11.6 Å². The van der Waals surface area contributed by atoms with Crippen molar-refractivity contribution in [3.8, 4) is 5.69 Å². The Bertz CT molecular complexity index is 1140. The van der Waals surface area contributed by atoms with Gasteiger partial charge < -0.3 is 9.80 Å². The first-order chi connectivity index (χ1) is 15.0. The molecule has 6 nitrogen and oxygen atoms in total. The number of rotatable bonds is 3. The van der Waals surface area contributed by atoms with Gasteiger partial charge in [-0.15, -0.1) is 0 Å². The van der Waals surface area contributed by atoms with Crippen LogP contribution in [0.5, 0.6) is 0 Å². The summed E-state index contributed by atoms with van der Waals surface area (Å²) >= 11 is 5.91. The van der Waals surface area contributed by atoms with Gasteiger partial charge in [0.15, 0.2) is 17.3 Å². The molecule has 5 rings (SSSR count). The van der Waals surface area contributed by atoms with Crippen LogP contribution in [0.15, 0.2) is 36.5 Å². The highest BCUT2D eigenvalue weighted by Crippen LogP contribution is 2.29. The summed E-state index contributed by atoms with van der Waals surface area (Å²) in [5.74, 6) is -1.13. The van der Waals surface area contributed by atoms with Gasteiger partial charge in [0, 0.05) is 49.7 Å². The first kappa shape index (κ1) is 19.9. The Morgan fingerprint density at radius 1 is 1.00 bits per heavy atom. The summed E-state index contributed by atoms with van der Waals surface area (Å²) in [4.78, 5) is 21.5. The van der Waals surface area contributed by atoms with Gasteiger partial charge in [-0.3, -0.25) is 4.79 Å². The van der Waals surface area contributed by atoms with E-state index in [9.17, 15) is 13.6 Å². The molecule has 3 aromatic rings. The van der Waals surface area contributed by atoms with E-state index in [0.29, 0.717) is 42.6 Å². The minimum Gasteiger partial charge on any atom is -0.353 e. The first-order valence-electron chi connectivity index (χ1n) is 10.2. The lowest BCUT2D eigenvalue weighted by Crippen LogP contribution is -2.49. The van der Waals surface area contributed by atoms with Crippen molar-refractivity contribution in [2.45, 2.75) is 19.3 Å². The zero-order valence-electron chi connectivity index (χ0n) is 16.7. The van der Waals surface area contributed by atoms with E-state index in [1.807, 2.05) is 6.07 Å². The SMILES string of the molecule is O=C(c1nn(-c2ccc(F)c(F)c2)c2c1CCC2)N1CCN(c2ccc(Cl)cn2)CC1. The van der Waals surface area contributed by atoms with E-state index < -0.39 is 11.6 Å². The molecule has 2 aliphatic rings. The molecule has 1 fully saturated rings. The van der Waals surface area contributed by atoms with E-state index in [2.05, 4.69) is 15.0 Å². The highest BCUT2D eigenvalue weighted by molar-refractivity contribution is 6.30. The zero-order valence-corrected chi connectivity index (χ0v) is 17.4. The quantitative estimate of drug-likeness (QED) is 0.620. The van der Waals surface area contributed by atoms with Gasteiger partial charge in [0.1, 0.15) is 5.82 Å². The molecule has 1 amide bonds. The number of carbonyl (C=O) groups excluding carboxylic acids is 1. The Balaban J connectivity index is 1.37. The molecule has 31 heavy (non-hydrogen) atoms. The number of hydrogen-bond acceptors (Lipinski definition) is 4. The van der Waals surface area contributed by atoms with Gasteiger partial charge in [0.05, 0.1) is 10.7 Å². The lowest BCUT2D eigenvalue weighted by molar-refractivity contribution is 0.0739. The number of halogens is 3. The number of anilines is 1. The third kappa shape index (κ3) is 3.65. The third-order valence-electron chi connectivity index (χ3n) is 5.88. The standard InChI is InChI=1S/C22H20ClF2N5O/c23-14-4-7-20(26-13-14)28-8-10-29(11-9-28)22(31)21-16-2-1-3-19(16)30(27-21)15-5-6-17(24)18(25)12-15/h4-7,12-13H,1-3,8-11H2. The second kappa shape index (κ2) is 7.92. The Hall–Kier alpha value is -3.00. The number of aromatic nitrogens is 3. The smallest absolute Gasteiger partial charge is 0.274 e. The van der Waals surface area contributed by atoms with Crippen molar-refractivity contribution in [3.63, 3.8) is 0 Å². The highest BCUT2D eigenvalue weighted by Gasteiger charge is 2.31. The predicted molar refractivity (Wildman–Crippen MR) is 113 cm³/mol. The average Bonchev–Trinajstić information content (AvgIpc) is 3.39. The maximum absolute atomic E-state index is 13.8. The van der Waals surface area contributed by atoms with Crippen LogP contribution in [0, 0.1) is 11.6 Å². The number of pyridine rings is 1. The molecule has 0 bridgehead atoms. The molecular formula is C22H20ClF2N5O. The molecule has 1 saturated heterocycles. The predicted octanol–water partition coefficient (Wildman–Crippen LogP) is 3.65. The van der Waals surface area contributed by atoms with Gasteiger partial charge in [-0.2, -0.15) is 5.10 Å². The molecule has 0 unspecified atom stereocenters. The monoisotopic (exact) mass is 443 g/mol. The fraction of sp³-hybridized carbons (Fsp3) is 0.318. The summed E-state index contributed by atoms with van der Waals surface area (Å²) in [6, 6.07) is 7.36. The van der Waals surface area contributed by atoms with Crippen LogP contribution in [-0.2, 0) is 12.8 Å². The summed E-state index contributed by atoms with van der Waals surface area (Å²) in [5.41, 5.74) is 2.65. The van der Waals surface area contributed by atoms with Crippen molar-refractivity contribution in [2.75, 3.05) is 31.1 Å². The van der Waals surface area contributed by atoms with Crippen molar-refractivity contribution in [1.82, 2.24) is 19.7 Å². The topological polar surface area (TPSA) is 54.3 Å². The summed E-state index contributed by atoms with van der Waals surface area (Å²) < 4.78 is 28.7. The van der Waals surface area contributed by atoms with E-state index in [0.717, 1.165) is 48.5 Å². The van der Waals surface area contributed by atoms with Crippen LogP contribution in [0.4, 0.5) is 14.6 Å². The maximum atomic E-state index is 13.8. The van der Waals surface area contributed by atoms with Crippen molar-refractivity contribution in [2.24, 2.45) is 0 Å². The summed E-state index contributed by atoms with van der Waals surface area (Å²) in [6.07, 6.45) is 4.04. The van der Waals surface area contributed by atoms with E-state index >= 15 is 0 Å². The van der Waals surface area contributed by atoms with Crippen molar-refractivity contribution in [1.29, 1.82) is 0 Å². The largest absolute Gasteiger partial charge is 0.353 e. The van der Waals surface area contributed by atoms with Gasteiger partial charge in [-0.1, -0.05) is 11.6 Å². The Morgan fingerprint density at radius 3 is 2.52 bits per heavy atom. The van der Waals surface area contributed by atoms with Gasteiger partial charge in [0.2, 0.25) is 0 Å². The Labute approximate surface area is 183 Å². The number of amides is 1. The van der Waals surface area contributed by atoms with Crippen LogP contribution >= 0.6 is 11.6 Å². The molecular weight excluding hydrogens is 424 g/mol. The average molecular weight is 444 g/mol. The normalized spacial score (nSPS) is 16.0. The third-order valence-corrected chi connectivity index (χ3v) is 6.11. The molecule has 0 saturated carbocycles. The number of piperazine rings is 1. The zero-order chi connectivity index (χ0) is 21.5. The molecule has 2 aromatic heterocycles. The van der Waals surface area contributed by atoms with Gasteiger partial charge in [-0.05, 0) is 43.5 Å². The fourth-order valence-corrected chi connectivity index (χ4v) is 4.39. The van der Waals surface area contributed by atoms with E-state index in [1.165, 1.54) is 6.07 Å². The summed E-state index contributed by atoms with van der Waals surface area (Å²) in [6.45, 7) is 2.42. The molecule has 0 spiro atoms. The van der Waals surface area contributed by atoms with Crippen molar-refractivity contribution in [3.05, 3.63) is 70.1 Å². The molecule has 3 heterocycles. The molecule has 160 valence electrons. The van der Waals surface area contributed by atoms with E-state index in [-0.39, 0.29) is 5.91 Å². The number of benzene rings is 1. The number of hydrogen-bond donors (Lipinski definition) is 0. The molecule has 0 N–H and O–H groups in total.